The fourth-order valence-corrected chi connectivity index (χ4v) is 2.04. The van der Waals surface area contributed by atoms with Gasteiger partial charge in [0.15, 0.2) is 18.5 Å². The predicted molar refractivity (Wildman–Crippen MR) is 85.0 cm³/mol. The van der Waals surface area contributed by atoms with Crippen molar-refractivity contribution in [2.24, 2.45) is 0 Å². The fraction of sp³-hybridized carbons (Fsp3) is 0.231. The first-order valence-corrected chi connectivity index (χ1v) is 7.15. The van der Waals surface area contributed by atoms with E-state index in [1.165, 1.54) is 13.0 Å². The van der Waals surface area contributed by atoms with Crippen molar-refractivity contribution < 1.29 is 14.3 Å². The molecule has 122 valence electrons. The Morgan fingerprint density at radius 1 is 1.22 bits per heavy atom. The quantitative estimate of drug-likeness (QED) is 0.776. The van der Waals surface area contributed by atoms with Crippen LogP contribution in [0.2, 0.25) is 10.0 Å². The van der Waals surface area contributed by atoms with E-state index in [-0.39, 0.29) is 29.4 Å². The van der Waals surface area contributed by atoms with Crippen molar-refractivity contribution in [2.75, 3.05) is 11.5 Å². The molecule has 4 N–H and O–H groups in total. The first kappa shape index (κ1) is 17.0. The summed E-state index contributed by atoms with van der Waals surface area (Å²) in [4.78, 5) is 23.1. The van der Waals surface area contributed by atoms with Gasteiger partial charge in [-0.2, -0.15) is 15.0 Å². The van der Waals surface area contributed by atoms with Gasteiger partial charge in [-0.1, -0.05) is 23.2 Å². The topological polar surface area (TPSA) is 126 Å². The predicted octanol–water partition coefficient (Wildman–Crippen LogP) is 1.85. The molecule has 1 heterocycles. The molecule has 8 nitrogen and oxygen atoms in total. The van der Waals surface area contributed by atoms with Gasteiger partial charge in [0.25, 0.3) is 0 Å². The normalized spacial score (nSPS) is 11.8. The van der Waals surface area contributed by atoms with Crippen LogP contribution in [0.15, 0.2) is 18.2 Å². The maximum atomic E-state index is 11.9. The molecule has 10 heteroatoms. The number of anilines is 2. The number of benzene rings is 1. The van der Waals surface area contributed by atoms with Crippen molar-refractivity contribution in [3.8, 4) is 5.75 Å². The smallest absolute Gasteiger partial charge is 0.347 e. The molecule has 0 amide bonds. The summed E-state index contributed by atoms with van der Waals surface area (Å²) in [6, 6.07) is 4.66. The van der Waals surface area contributed by atoms with Crippen molar-refractivity contribution in [3.05, 3.63) is 34.1 Å². The van der Waals surface area contributed by atoms with E-state index in [0.29, 0.717) is 10.8 Å². The second-order valence-electron chi connectivity index (χ2n) is 4.41. The highest BCUT2D eigenvalue weighted by atomic mass is 35.5. The second-order valence-corrected chi connectivity index (χ2v) is 5.25. The van der Waals surface area contributed by atoms with Gasteiger partial charge in [-0.25, -0.2) is 4.79 Å². The molecule has 1 aromatic carbocycles. The highest BCUT2D eigenvalue weighted by molar-refractivity contribution is 6.35. The number of hydrogen-bond acceptors (Lipinski definition) is 8. The van der Waals surface area contributed by atoms with Crippen molar-refractivity contribution in [3.63, 3.8) is 0 Å². The summed E-state index contributed by atoms with van der Waals surface area (Å²) in [5.74, 6) is -0.288. The molecule has 0 spiro atoms. The van der Waals surface area contributed by atoms with Crippen LogP contribution < -0.4 is 16.2 Å². The lowest BCUT2D eigenvalue weighted by molar-refractivity contribution is -0.152. The molecule has 0 unspecified atom stereocenters. The number of carbonyl (C=O) groups is 1. The Morgan fingerprint density at radius 3 is 2.48 bits per heavy atom. The van der Waals surface area contributed by atoms with Crippen LogP contribution in [0.25, 0.3) is 0 Å². The Kier molecular flexibility index (Phi) is 5.41. The Bertz CT molecular complexity index is 709. The van der Waals surface area contributed by atoms with Gasteiger partial charge in [-0.15, -0.1) is 0 Å². The van der Waals surface area contributed by atoms with Crippen LogP contribution in [0.1, 0.15) is 12.7 Å². The molecule has 0 radical (unpaired) electrons. The highest BCUT2D eigenvalue weighted by Gasteiger charge is 2.18. The summed E-state index contributed by atoms with van der Waals surface area (Å²) >= 11 is 11.8. The number of aromatic nitrogens is 3. The molecule has 2 rings (SSSR count). The lowest BCUT2D eigenvalue weighted by Crippen LogP contribution is -2.26. The molecule has 0 aliphatic rings. The summed E-state index contributed by atoms with van der Waals surface area (Å²) in [5, 5.41) is 0.748. The van der Waals surface area contributed by atoms with E-state index in [1.54, 1.807) is 12.1 Å². The summed E-state index contributed by atoms with van der Waals surface area (Å²) < 4.78 is 10.5. The minimum Gasteiger partial charge on any atom is -0.477 e. The van der Waals surface area contributed by atoms with Gasteiger partial charge in [0, 0.05) is 5.02 Å². The average molecular weight is 358 g/mol. The summed E-state index contributed by atoms with van der Waals surface area (Å²) in [6.45, 7) is 1.31. The van der Waals surface area contributed by atoms with Gasteiger partial charge in [0.05, 0.1) is 5.02 Å². The SMILES string of the molecule is C[C@@H](Oc1ccc(Cl)cc1Cl)C(=O)OCc1nc(N)nc(N)n1. The van der Waals surface area contributed by atoms with E-state index in [4.69, 9.17) is 44.1 Å². The number of hydrogen-bond donors (Lipinski definition) is 2. The van der Waals surface area contributed by atoms with Gasteiger partial charge in [0.1, 0.15) is 5.75 Å². The third-order valence-electron chi connectivity index (χ3n) is 2.59. The van der Waals surface area contributed by atoms with Crippen LogP contribution in [-0.4, -0.2) is 27.0 Å². The van der Waals surface area contributed by atoms with Crippen LogP contribution in [0, 0.1) is 0 Å². The fourth-order valence-electron chi connectivity index (χ4n) is 1.58. The van der Waals surface area contributed by atoms with Gasteiger partial charge in [-0.3, -0.25) is 0 Å². The maximum Gasteiger partial charge on any atom is 0.347 e. The third kappa shape index (κ3) is 4.83. The molecule has 2 aromatic rings. The first-order valence-electron chi connectivity index (χ1n) is 6.39. The number of rotatable bonds is 5. The first-order chi connectivity index (χ1) is 10.8. The highest BCUT2D eigenvalue weighted by Crippen LogP contribution is 2.28. The van der Waals surface area contributed by atoms with Crippen molar-refractivity contribution >= 4 is 41.1 Å². The molecule has 23 heavy (non-hydrogen) atoms. The molecule has 0 saturated heterocycles. The molecule has 0 bridgehead atoms. The molecular formula is C13H13Cl2N5O3. The number of esters is 1. The molecule has 1 aromatic heterocycles. The van der Waals surface area contributed by atoms with Gasteiger partial charge in [0.2, 0.25) is 11.9 Å². The average Bonchev–Trinajstić information content (AvgIpc) is 2.46. The number of nitrogen functional groups attached to an aromatic ring is 2. The molecule has 0 aliphatic carbocycles. The van der Waals surface area contributed by atoms with E-state index in [1.807, 2.05) is 0 Å². The zero-order chi connectivity index (χ0) is 17.0. The molecule has 0 aliphatic heterocycles. The molecular weight excluding hydrogens is 345 g/mol. The minimum absolute atomic E-state index is 0.0548. The van der Waals surface area contributed by atoms with E-state index in [9.17, 15) is 4.79 Å². The lowest BCUT2D eigenvalue weighted by Gasteiger charge is -2.14. The van der Waals surface area contributed by atoms with Gasteiger partial charge >= 0.3 is 5.97 Å². The number of ether oxygens (including phenoxy) is 2. The molecule has 0 saturated carbocycles. The van der Waals surface area contributed by atoms with Gasteiger partial charge in [-0.05, 0) is 25.1 Å². The number of nitrogens with two attached hydrogens (primary N) is 2. The summed E-state index contributed by atoms with van der Waals surface area (Å²) in [5.41, 5.74) is 10.8. The maximum absolute atomic E-state index is 11.9. The van der Waals surface area contributed by atoms with Crippen LogP contribution in [0.3, 0.4) is 0 Å². The molecule has 1 atom stereocenters. The van der Waals surface area contributed by atoms with E-state index in [2.05, 4.69) is 15.0 Å². The standard InChI is InChI=1S/C13H13Cl2N5O3/c1-6(23-9-3-2-7(14)4-8(9)15)11(21)22-5-10-18-12(16)20-13(17)19-10/h2-4,6H,5H2,1H3,(H4,16,17,18,19,20)/t6-/m1/s1. The third-order valence-corrected chi connectivity index (χ3v) is 3.12. The van der Waals surface area contributed by atoms with Crippen molar-refractivity contribution in [2.45, 2.75) is 19.6 Å². The number of carbonyl (C=O) groups excluding carboxylic acids is 1. The summed E-state index contributed by atoms with van der Waals surface area (Å²) in [6.07, 6.45) is -0.898. The van der Waals surface area contributed by atoms with Crippen LogP contribution in [0.4, 0.5) is 11.9 Å². The van der Waals surface area contributed by atoms with Crippen molar-refractivity contribution in [1.29, 1.82) is 0 Å². The van der Waals surface area contributed by atoms with Crippen LogP contribution in [-0.2, 0) is 16.1 Å². The van der Waals surface area contributed by atoms with Crippen LogP contribution in [0.5, 0.6) is 5.75 Å². The summed E-state index contributed by atoms with van der Waals surface area (Å²) in [7, 11) is 0. The Balaban J connectivity index is 1.94. The minimum atomic E-state index is -0.898. The zero-order valence-corrected chi connectivity index (χ0v) is 13.5. The van der Waals surface area contributed by atoms with Gasteiger partial charge < -0.3 is 20.9 Å². The second kappa shape index (κ2) is 7.30. The monoisotopic (exact) mass is 357 g/mol. The lowest BCUT2D eigenvalue weighted by atomic mass is 10.3. The Labute approximate surface area is 141 Å². The van der Waals surface area contributed by atoms with Crippen molar-refractivity contribution in [1.82, 2.24) is 15.0 Å². The Morgan fingerprint density at radius 2 is 1.87 bits per heavy atom. The van der Waals surface area contributed by atoms with E-state index < -0.39 is 12.1 Å². The van der Waals surface area contributed by atoms with E-state index in [0.717, 1.165) is 0 Å². The molecule has 0 fully saturated rings. The van der Waals surface area contributed by atoms with E-state index >= 15 is 0 Å². The Hall–Kier alpha value is -2.32. The number of halogens is 2. The largest absolute Gasteiger partial charge is 0.477 e. The zero-order valence-electron chi connectivity index (χ0n) is 12.0. The number of nitrogens with zero attached hydrogens (tertiary/aromatic N) is 3. The van der Waals surface area contributed by atoms with Crippen LogP contribution >= 0.6 is 23.2 Å².